The number of benzene rings is 2. The van der Waals surface area contributed by atoms with Gasteiger partial charge in [-0.2, -0.15) is 0 Å². The Morgan fingerprint density at radius 1 is 1.02 bits per heavy atom. The molecule has 2 aliphatic rings. The van der Waals surface area contributed by atoms with E-state index >= 15 is 0 Å². The van der Waals surface area contributed by atoms with Crippen LogP contribution in [0.15, 0.2) is 48.7 Å². The summed E-state index contributed by atoms with van der Waals surface area (Å²) in [7, 11) is -3.30. The highest BCUT2D eigenvalue weighted by Crippen LogP contribution is 2.34. The minimum Gasteiger partial charge on any atom is -0.361 e. The summed E-state index contributed by atoms with van der Waals surface area (Å²) >= 11 is 12.0. The molecule has 0 saturated carbocycles. The molecule has 5 rings (SSSR count). The number of fused-ring (bicyclic) bond motifs is 1. The maximum atomic E-state index is 12.7. The largest absolute Gasteiger partial charge is 0.361 e. The number of hydrogen-bond donors (Lipinski definition) is 2. The zero-order valence-electron chi connectivity index (χ0n) is 22.7. The van der Waals surface area contributed by atoms with Crippen molar-refractivity contribution in [2.24, 2.45) is 5.92 Å². The van der Waals surface area contributed by atoms with Gasteiger partial charge in [-0.1, -0.05) is 35.3 Å². The molecule has 2 N–H and O–H groups in total. The number of carbonyl (C=O) groups is 1. The molecule has 7 nitrogen and oxygen atoms in total. The van der Waals surface area contributed by atoms with Crippen molar-refractivity contribution < 1.29 is 13.2 Å². The van der Waals surface area contributed by atoms with Gasteiger partial charge in [0.05, 0.1) is 22.0 Å². The highest BCUT2D eigenvalue weighted by molar-refractivity contribution is 7.92. The Morgan fingerprint density at radius 2 is 1.77 bits per heavy atom. The van der Waals surface area contributed by atoms with Gasteiger partial charge in [0.1, 0.15) is 0 Å². The van der Waals surface area contributed by atoms with Crippen molar-refractivity contribution in [3.63, 3.8) is 0 Å². The quantitative estimate of drug-likeness (QED) is 0.293. The van der Waals surface area contributed by atoms with E-state index in [1.54, 1.807) is 24.3 Å². The molecular weight excluding hydrogens is 567 g/mol. The highest BCUT2D eigenvalue weighted by Gasteiger charge is 2.25. The number of nitrogens with one attached hydrogen (secondary N) is 2. The fraction of sp³-hybridized carbons (Fsp3) is 0.433. The van der Waals surface area contributed by atoms with E-state index in [4.69, 9.17) is 23.2 Å². The second kappa shape index (κ2) is 12.6. The molecule has 0 radical (unpaired) electrons. The van der Waals surface area contributed by atoms with Crippen molar-refractivity contribution in [2.45, 2.75) is 38.0 Å². The molecule has 3 aromatic rings. The SMILES string of the molecule is CS(=O)(=O)Nc1ccc2c(C3CCN(CCC4CCN(C(=O)/C=C/c5ccc(Cl)c(Cl)c5)CC4)CC3)c[nH]c2c1. The Bertz CT molecular complexity index is 1490. The van der Waals surface area contributed by atoms with E-state index in [0.717, 1.165) is 75.7 Å². The van der Waals surface area contributed by atoms with Crippen LogP contribution in [0.5, 0.6) is 0 Å². The van der Waals surface area contributed by atoms with Crippen LogP contribution in [0.2, 0.25) is 10.0 Å². The number of piperidine rings is 2. The van der Waals surface area contributed by atoms with Crippen LogP contribution in [0.3, 0.4) is 0 Å². The van der Waals surface area contributed by atoms with Crippen molar-refractivity contribution in [1.82, 2.24) is 14.8 Å². The molecule has 2 saturated heterocycles. The first-order valence-corrected chi connectivity index (χ1v) is 16.5. The van der Waals surface area contributed by atoms with Gasteiger partial charge < -0.3 is 14.8 Å². The van der Waals surface area contributed by atoms with Crippen LogP contribution < -0.4 is 4.72 Å². The fourth-order valence-electron chi connectivity index (χ4n) is 5.93. The Hall–Kier alpha value is -2.52. The number of aromatic amines is 1. The van der Waals surface area contributed by atoms with Crippen molar-refractivity contribution >= 4 is 61.8 Å². The van der Waals surface area contributed by atoms with Crippen LogP contribution in [-0.2, 0) is 14.8 Å². The monoisotopic (exact) mass is 602 g/mol. The standard InChI is InChI=1S/C30H36Cl2N4O3S/c1-40(38,39)34-24-4-5-25-26(20-33-29(25)19-24)23-11-14-35(15-12-23)13-8-21-9-16-36(17-10-21)30(37)7-3-22-2-6-27(31)28(32)18-22/h2-7,18-21,23,33-34H,8-17H2,1H3/b7-3+. The van der Waals surface area contributed by atoms with Gasteiger partial charge >= 0.3 is 0 Å². The Kier molecular flexibility index (Phi) is 9.10. The summed E-state index contributed by atoms with van der Waals surface area (Å²) in [5.74, 6) is 1.21. The minimum absolute atomic E-state index is 0.0479. The molecular formula is C30H36Cl2N4O3S. The summed E-state index contributed by atoms with van der Waals surface area (Å²) < 4.78 is 25.6. The smallest absolute Gasteiger partial charge is 0.246 e. The molecule has 10 heteroatoms. The predicted molar refractivity (Wildman–Crippen MR) is 165 cm³/mol. The first-order valence-electron chi connectivity index (χ1n) is 13.9. The number of nitrogens with zero attached hydrogens (tertiary/aromatic N) is 2. The molecule has 214 valence electrons. The second-order valence-corrected chi connectivity index (χ2v) is 13.6. The number of rotatable bonds is 8. The first kappa shape index (κ1) is 29.0. The topological polar surface area (TPSA) is 85.5 Å². The van der Waals surface area contributed by atoms with E-state index in [-0.39, 0.29) is 5.91 Å². The van der Waals surface area contributed by atoms with Crippen molar-refractivity contribution in [2.75, 3.05) is 43.7 Å². The zero-order valence-corrected chi connectivity index (χ0v) is 25.0. The molecule has 0 bridgehead atoms. The lowest BCUT2D eigenvalue weighted by Gasteiger charge is -2.35. The van der Waals surface area contributed by atoms with E-state index in [2.05, 4.69) is 20.8 Å². The molecule has 0 atom stereocenters. The van der Waals surface area contributed by atoms with E-state index in [9.17, 15) is 13.2 Å². The zero-order chi connectivity index (χ0) is 28.3. The molecule has 1 amide bonds. The number of amides is 1. The molecule has 40 heavy (non-hydrogen) atoms. The summed E-state index contributed by atoms with van der Waals surface area (Å²) in [6.07, 6.45) is 12.2. The molecule has 0 unspecified atom stereocenters. The van der Waals surface area contributed by atoms with Gasteiger partial charge in [-0.3, -0.25) is 9.52 Å². The van der Waals surface area contributed by atoms with Crippen LogP contribution >= 0.6 is 23.2 Å². The lowest BCUT2D eigenvalue weighted by molar-refractivity contribution is -0.127. The lowest BCUT2D eigenvalue weighted by Crippen LogP contribution is -2.39. The number of halogens is 2. The Labute approximate surface area is 246 Å². The Balaban J connectivity index is 1.04. The first-order chi connectivity index (χ1) is 19.1. The minimum atomic E-state index is -3.30. The number of carbonyl (C=O) groups excluding carboxylic acids is 1. The molecule has 2 aliphatic heterocycles. The lowest BCUT2D eigenvalue weighted by atomic mass is 9.88. The van der Waals surface area contributed by atoms with Gasteiger partial charge in [0.15, 0.2) is 0 Å². The van der Waals surface area contributed by atoms with Crippen molar-refractivity contribution in [3.05, 3.63) is 69.8 Å². The number of sulfonamides is 1. The second-order valence-electron chi connectivity index (χ2n) is 11.1. The van der Waals surface area contributed by atoms with Gasteiger partial charge in [-0.15, -0.1) is 0 Å². The highest BCUT2D eigenvalue weighted by atomic mass is 35.5. The summed E-state index contributed by atoms with van der Waals surface area (Å²) in [6.45, 7) is 4.89. The molecule has 2 fully saturated rings. The summed E-state index contributed by atoms with van der Waals surface area (Å²) in [5.41, 5.74) is 3.72. The average molecular weight is 604 g/mol. The maximum absolute atomic E-state index is 12.7. The number of anilines is 1. The summed E-state index contributed by atoms with van der Waals surface area (Å²) in [6, 6.07) is 11.1. The van der Waals surface area contributed by atoms with E-state index in [1.807, 2.05) is 29.2 Å². The third-order valence-corrected chi connectivity index (χ3v) is 9.53. The van der Waals surface area contributed by atoms with Gasteiger partial charge in [0.2, 0.25) is 15.9 Å². The summed E-state index contributed by atoms with van der Waals surface area (Å²) in [4.78, 5) is 20.5. The maximum Gasteiger partial charge on any atom is 0.246 e. The van der Waals surface area contributed by atoms with Gasteiger partial charge in [-0.25, -0.2) is 8.42 Å². The van der Waals surface area contributed by atoms with Crippen molar-refractivity contribution in [1.29, 1.82) is 0 Å². The van der Waals surface area contributed by atoms with Crippen LogP contribution in [-0.4, -0.2) is 68.1 Å². The van der Waals surface area contributed by atoms with E-state index in [1.165, 1.54) is 17.4 Å². The molecule has 3 heterocycles. The van der Waals surface area contributed by atoms with Gasteiger partial charge in [0.25, 0.3) is 0 Å². The van der Waals surface area contributed by atoms with Crippen molar-refractivity contribution in [3.8, 4) is 0 Å². The average Bonchev–Trinajstić information content (AvgIpc) is 3.35. The van der Waals surface area contributed by atoms with Crippen LogP contribution in [0.25, 0.3) is 17.0 Å². The number of H-pyrrole nitrogens is 1. The van der Waals surface area contributed by atoms with Gasteiger partial charge in [0, 0.05) is 36.3 Å². The van der Waals surface area contributed by atoms with Gasteiger partial charge in [-0.05, 0) is 105 Å². The fourth-order valence-corrected chi connectivity index (χ4v) is 6.79. The predicted octanol–water partition coefficient (Wildman–Crippen LogP) is 6.37. The molecule has 0 spiro atoms. The number of aromatic nitrogens is 1. The molecule has 2 aromatic carbocycles. The number of hydrogen-bond acceptors (Lipinski definition) is 4. The summed E-state index contributed by atoms with van der Waals surface area (Å²) in [5, 5.41) is 2.16. The third-order valence-electron chi connectivity index (χ3n) is 8.19. The molecule has 0 aliphatic carbocycles. The molecule has 1 aromatic heterocycles. The van der Waals surface area contributed by atoms with E-state index < -0.39 is 10.0 Å². The van der Waals surface area contributed by atoms with Crippen LogP contribution in [0.1, 0.15) is 49.1 Å². The van der Waals surface area contributed by atoms with Crippen LogP contribution in [0, 0.1) is 5.92 Å². The van der Waals surface area contributed by atoms with E-state index in [0.29, 0.717) is 27.6 Å². The van der Waals surface area contributed by atoms with Crippen LogP contribution in [0.4, 0.5) is 5.69 Å². The third kappa shape index (κ3) is 7.40. The normalized spacial score (nSPS) is 18.1. The Morgan fingerprint density at radius 3 is 2.48 bits per heavy atom. The number of likely N-dealkylation sites (tertiary alicyclic amines) is 2.